The first kappa shape index (κ1) is 13.9. The summed E-state index contributed by atoms with van der Waals surface area (Å²) in [6, 6.07) is 11.9. The van der Waals surface area contributed by atoms with Crippen LogP contribution in [-0.4, -0.2) is 4.98 Å². The fourth-order valence-electron chi connectivity index (χ4n) is 1.81. The highest BCUT2D eigenvalue weighted by molar-refractivity contribution is 6.17. The minimum atomic E-state index is 0.464. The van der Waals surface area contributed by atoms with Crippen molar-refractivity contribution in [1.82, 2.24) is 4.98 Å². The number of pyridine rings is 1. The maximum Gasteiger partial charge on any atom is 0.219 e. The molecule has 3 heteroatoms. The summed E-state index contributed by atoms with van der Waals surface area (Å²) >= 11 is 5.79. The number of nitrogens with zero attached hydrogens (tertiary/aromatic N) is 1. The first-order valence-electron chi connectivity index (χ1n) is 6.51. The maximum absolute atomic E-state index is 5.79. The van der Waals surface area contributed by atoms with Crippen molar-refractivity contribution in [3.63, 3.8) is 0 Å². The van der Waals surface area contributed by atoms with Crippen molar-refractivity contribution in [2.45, 2.75) is 32.1 Å². The molecule has 1 aromatic heterocycles. The average molecular weight is 276 g/mol. The van der Waals surface area contributed by atoms with Gasteiger partial charge in [0.25, 0.3) is 0 Å². The number of ether oxygens (including phenoxy) is 1. The van der Waals surface area contributed by atoms with Crippen molar-refractivity contribution in [3.05, 3.63) is 53.7 Å². The topological polar surface area (TPSA) is 22.1 Å². The van der Waals surface area contributed by atoms with E-state index in [1.54, 1.807) is 6.20 Å². The normalized spacial score (nSPS) is 12.2. The maximum atomic E-state index is 5.79. The predicted molar refractivity (Wildman–Crippen MR) is 79.0 cm³/mol. The molecule has 0 bridgehead atoms. The van der Waals surface area contributed by atoms with Gasteiger partial charge in [-0.15, -0.1) is 11.6 Å². The Bertz CT molecular complexity index is 525. The molecule has 0 amide bonds. The van der Waals surface area contributed by atoms with Gasteiger partial charge in [-0.25, -0.2) is 4.98 Å². The zero-order valence-corrected chi connectivity index (χ0v) is 12.0. The van der Waals surface area contributed by atoms with Crippen LogP contribution in [0.25, 0.3) is 0 Å². The van der Waals surface area contributed by atoms with Gasteiger partial charge in [0.15, 0.2) is 0 Å². The Hall–Kier alpha value is -1.54. The summed E-state index contributed by atoms with van der Waals surface area (Å²) in [5.41, 5.74) is 2.33. The van der Waals surface area contributed by atoms with Crippen molar-refractivity contribution in [3.8, 4) is 11.6 Å². The van der Waals surface area contributed by atoms with Crippen LogP contribution in [0.1, 0.15) is 37.3 Å². The molecule has 19 heavy (non-hydrogen) atoms. The average Bonchev–Trinajstić information content (AvgIpc) is 2.47. The molecule has 1 aromatic carbocycles. The molecule has 2 nitrogen and oxygen atoms in total. The third-order valence-electron chi connectivity index (χ3n) is 3.24. The van der Waals surface area contributed by atoms with Gasteiger partial charge in [-0.05, 0) is 41.7 Å². The summed E-state index contributed by atoms with van der Waals surface area (Å²) in [6.45, 7) is 4.41. The van der Waals surface area contributed by atoms with Gasteiger partial charge in [-0.2, -0.15) is 0 Å². The number of rotatable bonds is 5. The van der Waals surface area contributed by atoms with E-state index in [2.05, 4.69) is 31.0 Å². The third-order valence-corrected chi connectivity index (χ3v) is 3.55. The lowest BCUT2D eigenvalue weighted by atomic mass is 9.99. The summed E-state index contributed by atoms with van der Waals surface area (Å²) in [6.07, 6.45) is 2.85. The van der Waals surface area contributed by atoms with Crippen molar-refractivity contribution in [2.75, 3.05) is 0 Å². The van der Waals surface area contributed by atoms with Crippen molar-refractivity contribution >= 4 is 11.6 Å². The summed E-state index contributed by atoms with van der Waals surface area (Å²) < 4.78 is 5.72. The molecule has 1 unspecified atom stereocenters. The van der Waals surface area contributed by atoms with Gasteiger partial charge < -0.3 is 4.74 Å². The number of halogens is 1. The van der Waals surface area contributed by atoms with Crippen LogP contribution >= 0.6 is 11.6 Å². The number of alkyl halides is 1. The van der Waals surface area contributed by atoms with Gasteiger partial charge in [0.05, 0.1) is 0 Å². The molecule has 0 N–H and O–H groups in total. The lowest BCUT2D eigenvalue weighted by molar-refractivity contribution is 0.462. The second kappa shape index (κ2) is 6.58. The van der Waals surface area contributed by atoms with E-state index in [0.29, 0.717) is 17.7 Å². The van der Waals surface area contributed by atoms with Crippen LogP contribution in [-0.2, 0) is 5.88 Å². The molecular weight excluding hydrogens is 258 g/mol. The van der Waals surface area contributed by atoms with Crippen LogP contribution in [0.3, 0.4) is 0 Å². The van der Waals surface area contributed by atoms with E-state index in [0.717, 1.165) is 17.7 Å². The fraction of sp³-hybridized carbons (Fsp3) is 0.312. The van der Waals surface area contributed by atoms with Gasteiger partial charge in [-0.1, -0.05) is 26.0 Å². The minimum Gasteiger partial charge on any atom is -0.439 e. The van der Waals surface area contributed by atoms with Crippen molar-refractivity contribution in [1.29, 1.82) is 0 Å². The monoisotopic (exact) mass is 275 g/mol. The van der Waals surface area contributed by atoms with E-state index in [9.17, 15) is 0 Å². The summed E-state index contributed by atoms with van der Waals surface area (Å²) in [7, 11) is 0. The summed E-state index contributed by atoms with van der Waals surface area (Å²) in [4.78, 5) is 4.18. The first-order chi connectivity index (χ1) is 9.22. The Morgan fingerprint density at radius 3 is 2.58 bits per heavy atom. The molecule has 0 saturated carbocycles. The van der Waals surface area contributed by atoms with E-state index < -0.39 is 0 Å². The number of aromatic nitrogens is 1. The quantitative estimate of drug-likeness (QED) is 0.706. The lowest BCUT2D eigenvalue weighted by Crippen LogP contribution is -1.92. The van der Waals surface area contributed by atoms with E-state index >= 15 is 0 Å². The zero-order valence-electron chi connectivity index (χ0n) is 11.3. The van der Waals surface area contributed by atoms with Crippen LogP contribution in [0.15, 0.2) is 42.6 Å². The van der Waals surface area contributed by atoms with Gasteiger partial charge >= 0.3 is 0 Å². The molecule has 100 valence electrons. The Morgan fingerprint density at radius 1 is 1.21 bits per heavy atom. The molecule has 0 fully saturated rings. The van der Waals surface area contributed by atoms with Gasteiger partial charge in [0.1, 0.15) is 5.75 Å². The minimum absolute atomic E-state index is 0.464. The van der Waals surface area contributed by atoms with Gasteiger partial charge in [0.2, 0.25) is 5.88 Å². The molecular formula is C16H18ClNO. The van der Waals surface area contributed by atoms with E-state index in [1.165, 1.54) is 5.56 Å². The molecule has 0 saturated heterocycles. The molecule has 1 atom stereocenters. The molecule has 0 aliphatic heterocycles. The Kier molecular flexibility index (Phi) is 4.80. The molecule has 2 aromatic rings. The molecule has 1 heterocycles. The number of benzene rings is 1. The summed E-state index contributed by atoms with van der Waals surface area (Å²) in [5, 5.41) is 0. The smallest absolute Gasteiger partial charge is 0.219 e. The highest BCUT2D eigenvalue weighted by Crippen LogP contribution is 2.24. The SMILES string of the molecule is CCC(C)c1ccc(Oc2cc(CCl)ccn2)cc1. The standard InChI is InChI=1S/C16H18ClNO/c1-3-12(2)14-4-6-15(7-5-14)19-16-10-13(11-17)8-9-18-16/h4-10,12H,3,11H2,1-2H3. The Labute approximate surface area is 119 Å². The van der Waals surface area contributed by atoms with Crippen molar-refractivity contribution < 1.29 is 4.74 Å². The van der Waals surface area contributed by atoms with Crippen LogP contribution in [0.5, 0.6) is 11.6 Å². The van der Waals surface area contributed by atoms with E-state index in [-0.39, 0.29) is 0 Å². The first-order valence-corrected chi connectivity index (χ1v) is 7.05. The molecule has 2 rings (SSSR count). The number of hydrogen-bond donors (Lipinski definition) is 0. The summed E-state index contributed by atoms with van der Waals surface area (Å²) in [5.74, 6) is 2.42. The highest BCUT2D eigenvalue weighted by Gasteiger charge is 2.04. The Balaban J connectivity index is 2.10. The molecule has 0 aliphatic rings. The second-order valence-electron chi connectivity index (χ2n) is 4.62. The largest absolute Gasteiger partial charge is 0.439 e. The Morgan fingerprint density at radius 2 is 1.95 bits per heavy atom. The zero-order chi connectivity index (χ0) is 13.7. The van der Waals surface area contributed by atoms with Gasteiger partial charge in [-0.3, -0.25) is 0 Å². The fourth-order valence-corrected chi connectivity index (χ4v) is 1.98. The predicted octanol–water partition coefficient (Wildman–Crippen LogP) is 5.13. The van der Waals surface area contributed by atoms with Crippen LogP contribution in [0, 0.1) is 0 Å². The van der Waals surface area contributed by atoms with E-state index in [1.807, 2.05) is 24.3 Å². The van der Waals surface area contributed by atoms with Gasteiger partial charge in [0, 0.05) is 18.1 Å². The van der Waals surface area contributed by atoms with Crippen LogP contribution < -0.4 is 4.74 Å². The molecule has 0 radical (unpaired) electrons. The molecule has 0 aliphatic carbocycles. The third kappa shape index (κ3) is 3.71. The van der Waals surface area contributed by atoms with E-state index in [4.69, 9.17) is 16.3 Å². The van der Waals surface area contributed by atoms with Crippen molar-refractivity contribution in [2.24, 2.45) is 0 Å². The lowest BCUT2D eigenvalue weighted by Gasteiger charge is -2.10. The number of hydrogen-bond acceptors (Lipinski definition) is 2. The van der Waals surface area contributed by atoms with Crippen LogP contribution in [0.4, 0.5) is 0 Å². The second-order valence-corrected chi connectivity index (χ2v) is 4.88. The molecule has 0 spiro atoms. The highest BCUT2D eigenvalue weighted by atomic mass is 35.5. The van der Waals surface area contributed by atoms with Crippen LogP contribution in [0.2, 0.25) is 0 Å².